The Balaban J connectivity index is 1.80. The lowest BCUT2D eigenvalue weighted by Crippen LogP contribution is -2.36. The van der Waals surface area contributed by atoms with Crippen LogP contribution in [0.2, 0.25) is 5.02 Å². The summed E-state index contributed by atoms with van der Waals surface area (Å²) < 4.78 is 5.64. The number of halogens is 1. The number of likely N-dealkylation sites (N-methyl/N-ethyl adjacent to an activating group) is 1. The molecule has 0 heterocycles. The van der Waals surface area contributed by atoms with Gasteiger partial charge in [0.15, 0.2) is 0 Å². The van der Waals surface area contributed by atoms with Crippen LogP contribution in [0.3, 0.4) is 0 Å². The van der Waals surface area contributed by atoms with E-state index >= 15 is 0 Å². The van der Waals surface area contributed by atoms with E-state index in [4.69, 9.17) is 16.3 Å². The largest absolute Gasteiger partial charge is 0.368 e. The standard InChI is InChI=1S/C17H25ClN2O2/c1-20(2)16(13-7-9-14(18)10-8-13)11-19-17(21)12-22-15-5-3-4-6-15/h7-10,15-16H,3-6,11-12H2,1-2H3,(H,19,21). The van der Waals surface area contributed by atoms with Gasteiger partial charge in [0.1, 0.15) is 6.61 Å². The predicted octanol–water partition coefficient (Wildman–Crippen LogP) is 3.02. The van der Waals surface area contributed by atoms with E-state index in [1.54, 1.807) is 0 Å². The van der Waals surface area contributed by atoms with Crippen molar-refractivity contribution in [2.24, 2.45) is 0 Å². The molecule has 1 amide bonds. The van der Waals surface area contributed by atoms with Crippen LogP contribution in [0.15, 0.2) is 24.3 Å². The summed E-state index contributed by atoms with van der Waals surface area (Å²) >= 11 is 5.93. The molecule has 0 saturated heterocycles. The van der Waals surface area contributed by atoms with Gasteiger partial charge in [0.25, 0.3) is 0 Å². The van der Waals surface area contributed by atoms with Crippen molar-refractivity contribution in [3.63, 3.8) is 0 Å². The van der Waals surface area contributed by atoms with E-state index in [1.807, 2.05) is 38.4 Å². The molecule has 1 atom stereocenters. The summed E-state index contributed by atoms with van der Waals surface area (Å²) in [5, 5.41) is 3.68. The van der Waals surface area contributed by atoms with Gasteiger partial charge in [-0.05, 0) is 44.6 Å². The molecule has 4 nitrogen and oxygen atoms in total. The number of carbonyl (C=O) groups is 1. The van der Waals surface area contributed by atoms with Gasteiger partial charge in [0, 0.05) is 11.6 Å². The predicted molar refractivity (Wildman–Crippen MR) is 89.1 cm³/mol. The molecule has 0 spiro atoms. The Morgan fingerprint density at radius 2 is 1.95 bits per heavy atom. The molecule has 22 heavy (non-hydrogen) atoms. The van der Waals surface area contributed by atoms with Crippen molar-refractivity contribution < 1.29 is 9.53 Å². The summed E-state index contributed by atoms with van der Waals surface area (Å²) in [7, 11) is 4.00. The summed E-state index contributed by atoms with van der Waals surface area (Å²) in [5.41, 5.74) is 1.13. The molecule has 5 heteroatoms. The highest BCUT2D eigenvalue weighted by Gasteiger charge is 2.18. The topological polar surface area (TPSA) is 41.6 Å². The Morgan fingerprint density at radius 1 is 1.32 bits per heavy atom. The Bertz CT molecular complexity index is 470. The van der Waals surface area contributed by atoms with Crippen LogP contribution in [0.4, 0.5) is 0 Å². The number of hydrogen-bond acceptors (Lipinski definition) is 3. The molecule has 1 saturated carbocycles. The third-order valence-electron chi connectivity index (χ3n) is 4.12. The Kier molecular flexibility index (Phi) is 6.68. The fourth-order valence-electron chi connectivity index (χ4n) is 2.79. The van der Waals surface area contributed by atoms with Gasteiger partial charge < -0.3 is 15.0 Å². The van der Waals surface area contributed by atoms with Crippen LogP contribution in [0.5, 0.6) is 0 Å². The number of benzene rings is 1. The highest BCUT2D eigenvalue weighted by Crippen LogP contribution is 2.21. The first-order valence-corrected chi connectivity index (χ1v) is 8.24. The lowest BCUT2D eigenvalue weighted by Gasteiger charge is -2.25. The zero-order valence-electron chi connectivity index (χ0n) is 13.3. The molecule has 2 rings (SSSR count). The van der Waals surface area contributed by atoms with Crippen LogP contribution < -0.4 is 5.32 Å². The first-order chi connectivity index (χ1) is 10.6. The molecule has 1 aliphatic carbocycles. The van der Waals surface area contributed by atoms with Crippen molar-refractivity contribution in [3.05, 3.63) is 34.9 Å². The third-order valence-corrected chi connectivity index (χ3v) is 4.38. The number of ether oxygens (including phenoxy) is 1. The van der Waals surface area contributed by atoms with Crippen molar-refractivity contribution >= 4 is 17.5 Å². The van der Waals surface area contributed by atoms with E-state index in [1.165, 1.54) is 12.8 Å². The summed E-state index contributed by atoms with van der Waals surface area (Å²) in [6.07, 6.45) is 4.86. The fourth-order valence-corrected chi connectivity index (χ4v) is 2.92. The molecule has 0 bridgehead atoms. The molecular weight excluding hydrogens is 300 g/mol. The van der Waals surface area contributed by atoms with Crippen LogP contribution in [-0.4, -0.2) is 44.2 Å². The van der Waals surface area contributed by atoms with Gasteiger partial charge in [-0.3, -0.25) is 4.79 Å². The van der Waals surface area contributed by atoms with E-state index < -0.39 is 0 Å². The maximum absolute atomic E-state index is 11.9. The Labute approximate surface area is 137 Å². The average molecular weight is 325 g/mol. The van der Waals surface area contributed by atoms with E-state index in [0.29, 0.717) is 6.54 Å². The zero-order chi connectivity index (χ0) is 15.9. The maximum atomic E-state index is 11.9. The molecule has 122 valence electrons. The van der Waals surface area contributed by atoms with Crippen molar-refractivity contribution in [2.75, 3.05) is 27.2 Å². The number of amides is 1. The second-order valence-electron chi connectivity index (χ2n) is 6.05. The Morgan fingerprint density at radius 3 is 2.55 bits per heavy atom. The van der Waals surface area contributed by atoms with Crippen molar-refractivity contribution in [3.8, 4) is 0 Å². The van der Waals surface area contributed by atoms with Gasteiger partial charge in [0.05, 0.1) is 12.1 Å². The molecule has 0 aliphatic heterocycles. The number of nitrogens with zero attached hydrogens (tertiary/aromatic N) is 1. The lowest BCUT2D eigenvalue weighted by atomic mass is 10.1. The molecule has 0 radical (unpaired) electrons. The minimum absolute atomic E-state index is 0.0484. The third kappa shape index (κ3) is 5.27. The average Bonchev–Trinajstić information content (AvgIpc) is 3.00. The summed E-state index contributed by atoms with van der Waals surface area (Å²) in [4.78, 5) is 14.0. The van der Waals surface area contributed by atoms with Gasteiger partial charge in [-0.1, -0.05) is 36.6 Å². The number of hydrogen-bond donors (Lipinski definition) is 1. The van der Waals surface area contributed by atoms with Crippen molar-refractivity contribution in [1.29, 1.82) is 0 Å². The van der Waals surface area contributed by atoms with Gasteiger partial charge in [0.2, 0.25) is 5.91 Å². The molecule has 1 aromatic rings. The van der Waals surface area contributed by atoms with Crippen LogP contribution in [0.25, 0.3) is 0 Å². The molecular formula is C17H25ClN2O2. The molecule has 1 aromatic carbocycles. The summed E-state index contributed by atoms with van der Waals surface area (Å²) in [6, 6.07) is 7.85. The second-order valence-corrected chi connectivity index (χ2v) is 6.49. The molecule has 1 aliphatic rings. The smallest absolute Gasteiger partial charge is 0.246 e. The van der Waals surface area contributed by atoms with Gasteiger partial charge in [-0.25, -0.2) is 0 Å². The van der Waals surface area contributed by atoms with Crippen LogP contribution in [-0.2, 0) is 9.53 Å². The minimum atomic E-state index is -0.0484. The van der Waals surface area contributed by atoms with Gasteiger partial charge >= 0.3 is 0 Å². The fraction of sp³-hybridized carbons (Fsp3) is 0.588. The minimum Gasteiger partial charge on any atom is -0.368 e. The summed E-state index contributed by atoms with van der Waals surface area (Å²) in [6.45, 7) is 0.715. The normalized spacial score (nSPS) is 16.9. The highest BCUT2D eigenvalue weighted by atomic mass is 35.5. The second kappa shape index (κ2) is 8.51. The lowest BCUT2D eigenvalue weighted by molar-refractivity contribution is -0.127. The van der Waals surface area contributed by atoms with E-state index in [9.17, 15) is 4.79 Å². The molecule has 1 unspecified atom stereocenters. The van der Waals surface area contributed by atoms with Gasteiger partial charge in [-0.2, -0.15) is 0 Å². The Hall–Kier alpha value is -1.10. The molecule has 1 fully saturated rings. The van der Waals surface area contributed by atoms with E-state index in [2.05, 4.69) is 10.2 Å². The summed E-state index contributed by atoms with van der Waals surface area (Å²) in [5.74, 6) is -0.0484. The highest BCUT2D eigenvalue weighted by molar-refractivity contribution is 6.30. The van der Waals surface area contributed by atoms with Crippen LogP contribution in [0, 0.1) is 0 Å². The van der Waals surface area contributed by atoms with Crippen molar-refractivity contribution in [2.45, 2.75) is 37.8 Å². The first kappa shape index (κ1) is 17.3. The maximum Gasteiger partial charge on any atom is 0.246 e. The molecule has 0 aromatic heterocycles. The SMILES string of the molecule is CN(C)C(CNC(=O)COC1CCCC1)c1ccc(Cl)cc1. The quantitative estimate of drug-likeness (QED) is 0.838. The first-order valence-electron chi connectivity index (χ1n) is 7.86. The van der Waals surface area contributed by atoms with Gasteiger partial charge in [-0.15, -0.1) is 0 Å². The number of nitrogens with one attached hydrogen (secondary N) is 1. The van der Waals surface area contributed by atoms with E-state index in [-0.39, 0.29) is 24.7 Å². The van der Waals surface area contributed by atoms with Crippen molar-refractivity contribution in [1.82, 2.24) is 10.2 Å². The molecule has 1 N–H and O–H groups in total. The van der Waals surface area contributed by atoms with E-state index in [0.717, 1.165) is 23.4 Å². The number of carbonyl (C=O) groups excluding carboxylic acids is 1. The van der Waals surface area contributed by atoms with Crippen LogP contribution >= 0.6 is 11.6 Å². The van der Waals surface area contributed by atoms with Crippen LogP contribution in [0.1, 0.15) is 37.3 Å². The zero-order valence-corrected chi connectivity index (χ0v) is 14.1. The monoisotopic (exact) mass is 324 g/mol. The number of rotatable bonds is 7.